The van der Waals surface area contributed by atoms with Gasteiger partial charge in [0.2, 0.25) is 0 Å². The van der Waals surface area contributed by atoms with E-state index in [0.29, 0.717) is 12.2 Å². The van der Waals surface area contributed by atoms with Crippen molar-refractivity contribution in [3.63, 3.8) is 0 Å². The van der Waals surface area contributed by atoms with Crippen molar-refractivity contribution in [2.75, 3.05) is 5.32 Å². The highest BCUT2D eigenvalue weighted by atomic mass is 16.6. The van der Waals surface area contributed by atoms with Crippen LogP contribution in [-0.4, -0.2) is 26.0 Å². The number of anilines is 1. The van der Waals surface area contributed by atoms with Crippen LogP contribution in [0.3, 0.4) is 0 Å². The standard InChI is InChI=1S/C12H10N4O4/c17-12(18)10-5-8(1-2-11(10)16(19)20)14-6-9-3-4-13-7-15-9/h1-5,7,14H,6H2,(H,17,18). The molecule has 0 radical (unpaired) electrons. The van der Waals surface area contributed by atoms with E-state index in [-0.39, 0.29) is 5.56 Å². The third kappa shape index (κ3) is 3.05. The molecule has 0 atom stereocenters. The number of carboxylic acids is 1. The summed E-state index contributed by atoms with van der Waals surface area (Å²) in [6.07, 6.45) is 2.98. The van der Waals surface area contributed by atoms with E-state index in [0.717, 1.165) is 11.8 Å². The lowest BCUT2D eigenvalue weighted by atomic mass is 10.1. The Morgan fingerprint density at radius 3 is 2.80 bits per heavy atom. The molecular formula is C12H10N4O4. The van der Waals surface area contributed by atoms with Crippen LogP contribution in [0.2, 0.25) is 0 Å². The first-order chi connectivity index (χ1) is 9.58. The van der Waals surface area contributed by atoms with E-state index in [9.17, 15) is 14.9 Å². The molecule has 0 saturated heterocycles. The molecule has 0 fully saturated rings. The van der Waals surface area contributed by atoms with Gasteiger partial charge in [-0.2, -0.15) is 0 Å². The maximum atomic E-state index is 11.0. The Hall–Kier alpha value is -3.03. The molecule has 0 amide bonds. The molecule has 8 heteroatoms. The molecule has 102 valence electrons. The quantitative estimate of drug-likeness (QED) is 0.629. The largest absolute Gasteiger partial charge is 0.477 e. The summed E-state index contributed by atoms with van der Waals surface area (Å²) < 4.78 is 0. The van der Waals surface area contributed by atoms with E-state index in [1.165, 1.54) is 18.5 Å². The van der Waals surface area contributed by atoms with Crippen LogP contribution in [0.25, 0.3) is 0 Å². The molecule has 0 spiro atoms. The van der Waals surface area contributed by atoms with Gasteiger partial charge in [-0.1, -0.05) is 0 Å². The van der Waals surface area contributed by atoms with Crippen LogP contribution in [0.1, 0.15) is 16.1 Å². The number of carbonyl (C=O) groups is 1. The van der Waals surface area contributed by atoms with Gasteiger partial charge in [-0.05, 0) is 18.2 Å². The number of nitrogens with zero attached hydrogens (tertiary/aromatic N) is 3. The van der Waals surface area contributed by atoms with Gasteiger partial charge >= 0.3 is 5.97 Å². The van der Waals surface area contributed by atoms with E-state index in [1.54, 1.807) is 12.3 Å². The summed E-state index contributed by atoms with van der Waals surface area (Å²) in [5.41, 5.74) is 0.384. The number of nitro groups is 1. The van der Waals surface area contributed by atoms with Crippen LogP contribution in [0.4, 0.5) is 11.4 Å². The molecule has 0 aliphatic rings. The molecule has 2 N–H and O–H groups in total. The number of nitro benzene ring substituents is 1. The van der Waals surface area contributed by atoms with Gasteiger partial charge in [0, 0.05) is 18.0 Å². The second-order valence-electron chi connectivity index (χ2n) is 3.85. The molecule has 0 unspecified atom stereocenters. The minimum Gasteiger partial charge on any atom is -0.477 e. The van der Waals surface area contributed by atoms with Crippen LogP contribution < -0.4 is 5.32 Å². The number of benzene rings is 1. The lowest BCUT2D eigenvalue weighted by molar-refractivity contribution is -0.385. The van der Waals surface area contributed by atoms with E-state index < -0.39 is 16.6 Å². The molecule has 8 nitrogen and oxygen atoms in total. The Labute approximate surface area is 113 Å². The van der Waals surface area contributed by atoms with Crippen molar-refractivity contribution < 1.29 is 14.8 Å². The summed E-state index contributed by atoms with van der Waals surface area (Å²) in [5, 5.41) is 22.6. The molecule has 0 aliphatic carbocycles. The van der Waals surface area contributed by atoms with Gasteiger partial charge < -0.3 is 10.4 Å². The van der Waals surface area contributed by atoms with E-state index in [1.807, 2.05) is 0 Å². The summed E-state index contributed by atoms with van der Waals surface area (Å²) in [4.78, 5) is 28.8. The fourth-order valence-corrected chi connectivity index (χ4v) is 1.59. The minimum absolute atomic E-state index is 0.359. The smallest absolute Gasteiger partial charge is 0.342 e. The van der Waals surface area contributed by atoms with Gasteiger partial charge in [0.05, 0.1) is 17.2 Å². The zero-order chi connectivity index (χ0) is 14.5. The van der Waals surface area contributed by atoms with Crippen molar-refractivity contribution >= 4 is 17.3 Å². The Bertz CT molecular complexity index is 645. The summed E-state index contributed by atoms with van der Waals surface area (Å²) in [6, 6.07) is 5.54. The van der Waals surface area contributed by atoms with Crippen molar-refractivity contribution in [1.82, 2.24) is 9.97 Å². The van der Waals surface area contributed by atoms with Gasteiger partial charge in [0.1, 0.15) is 11.9 Å². The molecule has 1 heterocycles. The first-order valence-corrected chi connectivity index (χ1v) is 5.58. The van der Waals surface area contributed by atoms with E-state index in [2.05, 4.69) is 15.3 Å². The van der Waals surface area contributed by atoms with Crippen molar-refractivity contribution in [3.05, 3.63) is 58.2 Å². The SMILES string of the molecule is O=C(O)c1cc(NCc2ccncn2)ccc1[N+](=O)[O-]. The van der Waals surface area contributed by atoms with Gasteiger partial charge in [-0.15, -0.1) is 0 Å². The Morgan fingerprint density at radius 1 is 1.40 bits per heavy atom. The summed E-state index contributed by atoms with van der Waals surface area (Å²) in [5.74, 6) is -1.35. The lowest BCUT2D eigenvalue weighted by Gasteiger charge is -2.07. The maximum absolute atomic E-state index is 11.0. The number of nitrogens with one attached hydrogen (secondary N) is 1. The number of carboxylic acid groups (broad SMARTS) is 1. The summed E-state index contributed by atoms with van der Waals surface area (Å²) >= 11 is 0. The number of aromatic nitrogens is 2. The number of rotatable bonds is 5. The fourth-order valence-electron chi connectivity index (χ4n) is 1.59. The Balaban J connectivity index is 2.19. The second kappa shape index (κ2) is 5.74. The number of hydrogen-bond acceptors (Lipinski definition) is 6. The topological polar surface area (TPSA) is 118 Å². The third-order valence-electron chi connectivity index (χ3n) is 2.54. The minimum atomic E-state index is -1.35. The normalized spacial score (nSPS) is 10.0. The van der Waals surface area contributed by atoms with Gasteiger partial charge in [0.15, 0.2) is 0 Å². The zero-order valence-electron chi connectivity index (χ0n) is 10.2. The number of hydrogen-bond donors (Lipinski definition) is 2. The van der Waals surface area contributed by atoms with Crippen molar-refractivity contribution in [2.24, 2.45) is 0 Å². The predicted molar refractivity (Wildman–Crippen MR) is 69.4 cm³/mol. The highest BCUT2D eigenvalue weighted by Crippen LogP contribution is 2.22. The van der Waals surface area contributed by atoms with Crippen LogP contribution in [0, 0.1) is 10.1 Å². The lowest BCUT2D eigenvalue weighted by Crippen LogP contribution is -2.06. The van der Waals surface area contributed by atoms with Gasteiger partial charge in [0.25, 0.3) is 5.69 Å². The van der Waals surface area contributed by atoms with Crippen LogP contribution in [-0.2, 0) is 6.54 Å². The first kappa shape index (κ1) is 13.4. The zero-order valence-corrected chi connectivity index (χ0v) is 10.2. The average Bonchev–Trinajstić information content (AvgIpc) is 2.45. The predicted octanol–water partition coefficient (Wildman–Crippen LogP) is 1.70. The average molecular weight is 274 g/mol. The first-order valence-electron chi connectivity index (χ1n) is 5.58. The summed E-state index contributed by atoms with van der Waals surface area (Å²) in [6.45, 7) is 0.361. The Morgan fingerprint density at radius 2 is 2.20 bits per heavy atom. The molecule has 2 aromatic rings. The van der Waals surface area contributed by atoms with Crippen LogP contribution >= 0.6 is 0 Å². The Kier molecular flexibility index (Phi) is 3.85. The second-order valence-corrected chi connectivity index (χ2v) is 3.85. The molecule has 0 bridgehead atoms. The molecule has 20 heavy (non-hydrogen) atoms. The highest BCUT2D eigenvalue weighted by Gasteiger charge is 2.19. The molecular weight excluding hydrogens is 264 g/mol. The molecule has 0 saturated carbocycles. The molecule has 1 aromatic carbocycles. The number of aromatic carboxylic acids is 1. The monoisotopic (exact) mass is 274 g/mol. The van der Waals surface area contributed by atoms with Crippen molar-refractivity contribution in [1.29, 1.82) is 0 Å². The van der Waals surface area contributed by atoms with Crippen LogP contribution in [0.15, 0.2) is 36.8 Å². The molecule has 0 aliphatic heterocycles. The van der Waals surface area contributed by atoms with Gasteiger partial charge in [-0.25, -0.2) is 14.8 Å². The van der Waals surface area contributed by atoms with Crippen molar-refractivity contribution in [2.45, 2.75) is 6.54 Å². The molecule has 2 rings (SSSR count). The van der Waals surface area contributed by atoms with Crippen LogP contribution in [0.5, 0.6) is 0 Å². The summed E-state index contributed by atoms with van der Waals surface area (Å²) in [7, 11) is 0. The fraction of sp³-hybridized carbons (Fsp3) is 0.0833. The highest BCUT2D eigenvalue weighted by molar-refractivity contribution is 5.93. The molecule has 1 aromatic heterocycles. The van der Waals surface area contributed by atoms with E-state index >= 15 is 0 Å². The van der Waals surface area contributed by atoms with E-state index in [4.69, 9.17) is 5.11 Å². The third-order valence-corrected chi connectivity index (χ3v) is 2.54. The maximum Gasteiger partial charge on any atom is 0.342 e. The van der Waals surface area contributed by atoms with Crippen molar-refractivity contribution in [3.8, 4) is 0 Å². The van der Waals surface area contributed by atoms with Gasteiger partial charge in [-0.3, -0.25) is 10.1 Å².